The maximum absolute atomic E-state index is 12.5. The molecular formula is C11H12F3NO3. The molecule has 0 heterocycles. The summed E-state index contributed by atoms with van der Waals surface area (Å²) in [6.45, 7) is 1.48. The zero-order valence-electron chi connectivity index (χ0n) is 9.71. The number of methoxy groups -OCH3 is 1. The van der Waals surface area contributed by atoms with Gasteiger partial charge in [-0.3, -0.25) is 0 Å². The number of rotatable bonds is 2. The molecule has 3 N–H and O–H groups in total. The van der Waals surface area contributed by atoms with Crippen molar-refractivity contribution in [2.45, 2.75) is 19.1 Å². The van der Waals surface area contributed by atoms with Crippen LogP contribution in [0.2, 0.25) is 0 Å². The molecule has 4 nitrogen and oxygen atoms in total. The summed E-state index contributed by atoms with van der Waals surface area (Å²) < 4.78 is 41.9. The Morgan fingerprint density at radius 1 is 1.44 bits per heavy atom. The second-order valence-corrected chi connectivity index (χ2v) is 3.76. The van der Waals surface area contributed by atoms with Crippen LogP contribution in [0.15, 0.2) is 12.1 Å². The molecule has 0 spiro atoms. The van der Waals surface area contributed by atoms with E-state index in [1.807, 2.05) is 0 Å². The predicted molar refractivity (Wildman–Crippen MR) is 57.2 cm³/mol. The minimum atomic E-state index is -4.71. The lowest BCUT2D eigenvalue weighted by atomic mass is 9.99. The number of carbonyl (C=O) groups excluding carboxylic acids is 1. The highest BCUT2D eigenvalue weighted by molar-refractivity contribution is 5.93. The Balaban J connectivity index is 3.38. The van der Waals surface area contributed by atoms with Crippen LogP contribution in [-0.4, -0.2) is 24.4 Å². The quantitative estimate of drug-likeness (QED) is 0.801. The molecule has 0 saturated heterocycles. The number of aromatic hydroxyl groups is 1. The van der Waals surface area contributed by atoms with Crippen LogP contribution in [0.3, 0.4) is 0 Å². The maximum atomic E-state index is 12.5. The molecule has 18 heavy (non-hydrogen) atoms. The Kier molecular flexibility index (Phi) is 3.85. The van der Waals surface area contributed by atoms with Crippen LogP contribution in [0.25, 0.3) is 0 Å². The van der Waals surface area contributed by atoms with Crippen molar-refractivity contribution in [3.63, 3.8) is 0 Å². The van der Waals surface area contributed by atoms with E-state index in [1.54, 1.807) is 0 Å². The molecule has 100 valence electrons. The van der Waals surface area contributed by atoms with Crippen LogP contribution in [0.5, 0.6) is 5.75 Å². The van der Waals surface area contributed by atoms with E-state index in [9.17, 15) is 23.1 Å². The normalized spacial score (nSPS) is 13.2. The number of phenols is 1. The molecule has 1 rings (SSSR count). The summed E-state index contributed by atoms with van der Waals surface area (Å²) in [6, 6.07) is -0.0472. The summed E-state index contributed by atoms with van der Waals surface area (Å²) in [6.07, 6.45) is -4.71. The van der Waals surface area contributed by atoms with Crippen molar-refractivity contribution in [3.8, 4) is 5.75 Å². The molecular weight excluding hydrogens is 251 g/mol. The first-order chi connectivity index (χ1) is 8.18. The number of nitrogens with two attached hydrogens (primary N) is 1. The molecule has 0 aromatic heterocycles. The number of ether oxygens (including phenoxy) is 1. The SMILES string of the molecule is COC(=O)c1cc(C)cc([C@H](N)C(F)(F)F)c1O. The minimum absolute atomic E-state index is 0.341. The summed E-state index contributed by atoms with van der Waals surface area (Å²) in [4.78, 5) is 11.3. The van der Waals surface area contributed by atoms with Gasteiger partial charge in [0.25, 0.3) is 0 Å². The van der Waals surface area contributed by atoms with Crippen molar-refractivity contribution in [2.24, 2.45) is 5.73 Å². The van der Waals surface area contributed by atoms with Crippen LogP contribution in [0.4, 0.5) is 13.2 Å². The Bertz CT molecular complexity index is 471. The fourth-order valence-corrected chi connectivity index (χ4v) is 1.49. The Hall–Kier alpha value is -1.76. The highest BCUT2D eigenvalue weighted by atomic mass is 19.4. The zero-order chi connectivity index (χ0) is 14.1. The van der Waals surface area contributed by atoms with Gasteiger partial charge in [-0.15, -0.1) is 0 Å². The first-order valence-corrected chi connectivity index (χ1v) is 4.92. The Morgan fingerprint density at radius 3 is 2.44 bits per heavy atom. The lowest BCUT2D eigenvalue weighted by Gasteiger charge is -2.18. The third kappa shape index (κ3) is 2.73. The number of benzene rings is 1. The summed E-state index contributed by atoms with van der Waals surface area (Å²) in [5, 5.41) is 9.67. The van der Waals surface area contributed by atoms with Crippen molar-refractivity contribution >= 4 is 5.97 Å². The van der Waals surface area contributed by atoms with E-state index in [0.29, 0.717) is 5.56 Å². The van der Waals surface area contributed by atoms with Crippen molar-refractivity contribution in [1.29, 1.82) is 0 Å². The van der Waals surface area contributed by atoms with Crippen LogP contribution >= 0.6 is 0 Å². The van der Waals surface area contributed by atoms with E-state index in [2.05, 4.69) is 4.74 Å². The van der Waals surface area contributed by atoms with Gasteiger partial charge in [0.2, 0.25) is 0 Å². The molecule has 0 aliphatic heterocycles. The second kappa shape index (κ2) is 4.85. The number of halogens is 3. The average molecular weight is 263 g/mol. The Labute approximate surface area is 101 Å². The van der Waals surface area contributed by atoms with E-state index in [1.165, 1.54) is 13.0 Å². The third-order valence-corrected chi connectivity index (χ3v) is 2.38. The van der Waals surface area contributed by atoms with Crippen molar-refractivity contribution < 1.29 is 27.8 Å². The first kappa shape index (κ1) is 14.3. The smallest absolute Gasteiger partial charge is 0.407 e. The highest BCUT2D eigenvalue weighted by Gasteiger charge is 2.40. The number of aryl methyl sites for hydroxylation is 1. The zero-order valence-corrected chi connectivity index (χ0v) is 9.71. The number of hydrogen-bond donors (Lipinski definition) is 2. The molecule has 0 bridgehead atoms. The summed E-state index contributed by atoms with van der Waals surface area (Å²) in [5.74, 6) is -1.73. The number of carbonyl (C=O) groups is 1. The minimum Gasteiger partial charge on any atom is -0.507 e. The number of esters is 1. The van der Waals surface area contributed by atoms with Gasteiger partial charge in [0, 0.05) is 5.56 Å². The third-order valence-electron chi connectivity index (χ3n) is 2.38. The molecule has 0 aliphatic rings. The number of phenolic OH excluding ortho intramolecular Hbond substituents is 1. The van der Waals surface area contributed by atoms with Gasteiger partial charge in [0.15, 0.2) is 0 Å². The van der Waals surface area contributed by atoms with Crippen molar-refractivity contribution in [2.75, 3.05) is 7.11 Å². The van der Waals surface area contributed by atoms with Crippen molar-refractivity contribution in [3.05, 3.63) is 28.8 Å². The largest absolute Gasteiger partial charge is 0.507 e. The fraction of sp³-hybridized carbons (Fsp3) is 0.364. The molecule has 0 saturated carbocycles. The summed E-state index contributed by atoms with van der Waals surface area (Å²) in [7, 11) is 1.06. The molecule has 1 aromatic rings. The van der Waals surface area contributed by atoms with Gasteiger partial charge in [-0.1, -0.05) is 6.07 Å². The molecule has 0 radical (unpaired) electrons. The van der Waals surface area contributed by atoms with E-state index in [0.717, 1.165) is 13.2 Å². The second-order valence-electron chi connectivity index (χ2n) is 3.76. The predicted octanol–water partition coefficient (Wildman–Crippen LogP) is 2.05. The van der Waals surface area contributed by atoms with Crippen LogP contribution in [0, 0.1) is 6.92 Å². The fourth-order valence-electron chi connectivity index (χ4n) is 1.49. The lowest BCUT2D eigenvalue weighted by molar-refractivity contribution is -0.149. The van der Waals surface area contributed by atoms with Gasteiger partial charge >= 0.3 is 12.1 Å². The average Bonchev–Trinajstić information content (AvgIpc) is 2.28. The highest BCUT2D eigenvalue weighted by Crippen LogP contribution is 2.37. The molecule has 0 amide bonds. The van der Waals surface area contributed by atoms with Crippen molar-refractivity contribution in [1.82, 2.24) is 0 Å². The monoisotopic (exact) mass is 263 g/mol. The van der Waals surface area contributed by atoms with E-state index < -0.39 is 29.5 Å². The lowest BCUT2D eigenvalue weighted by Crippen LogP contribution is -2.29. The molecule has 1 aromatic carbocycles. The summed E-state index contributed by atoms with van der Waals surface area (Å²) >= 11 is 0. The topological polar surface area (TPSA) is 72.5 Å². The van der Waals surface area contributed by atoms with Crippen LogP contribution < -0.4 is 5.73 Å². The Morgan fingerprint density at radius 2 is 2.00 bits per heavy atom. The molecule has 0 fully saturated rings. The van der Waals surface area contributed by atoms with Gasteiger partial charge in [-0.25, -0.2) is 4.79 Å². The molecule has 0 aliphatic carbocycles. The van der Waals surface area contributed by atoms with Crippen LogP contribution in [0.1, 0.15) is 27.5 Å². The van der Waals surface area contributed by atoms with E-state index >= 15 is 0 Å². The van der Waals surface area contributed by atoms with Gasteiger partial charge < -0.3 is 15.6 Å². The molecule has 1 atom stereocenters. The van der Waals surface area contributed by atoms with Gasteiger partial charge in [0.1, 0.15) is 17.4 Å². The summed E-state index contributed by atoms with van der Waals surface area (Å²) in [5.41, 5.74) is 4.49. The van der Waals surface area contributed by atoms with Gasteiger partial charge in [-0.05, 0) is 18.6 Å². The van der Waals surface area contributed by atoms with Gasteiger partial charge in [-0.2, -0.15) is 13.2 Å². The first-order valence-electron chi connectivity index (χ1n) is 4.92. The standard InChI is InChI=1S/C11H12F3NO3/c1-5-3-6(9(15)11(12,13)14)8(16)7(4-5)10(17)18-2/h3-4,9,16H,15H2,1-2H3/t9-/m0/s1. The van der Waals surface area contributed by atoms with Crippen LogP contribution in [-0.2, 0) is 4.74 Å². The maximum Gasteiger partial charge on any atom is 0.407 e. The molecule has 0 unspecified atom stereocenters. The number of hydrogen-bond acceptors (Lipinski definition) is 4. The van der Waals surface area contributed by atoms with E-state index in [4.69, 9.17) is 5.73 Å². The van der Waals surface area contributed by atoms with E-state index in [-0.39, 0.29) is 5.56 Å². The molecule has 7 heteroatoms. The number of alkyl halides is 3. The van der Waals surface area contributed by atoms with Gasteiger partial charge in [0.05, 0.1) is 7.11 Å².